The van der Waals surface area contributed by atoms with Crippen LogP contribution in [0.3, 0.4) is 0 Å². The maximum Gasteiger partial charge on any atom is 0.309 e. The zero-order chi connectivity index (χ0) is 12.7. The van der Waals surface area contributed by atoms with Crippen LogP contribution in [0.5, 0.6) is 5.88 Å². The van der Waals surface area contributed by atoms with E-state index in [1.165, 1.54) is 6.92 Å². The summed E-state index contributed by atoms with van der Waals surface area (Å²) in [6, 6.07) is 7.72. The van der Waals surface area contributed by atoms with Gasteiger partial charge in [-0.2, -0.15) is 0 Å². The molecule has 0 unspecified atom stereocenters. The number of ether oxygens (including phenoxy) is 1. The second-order valence-electron chi connectivity index (χ2n) is 4.05. The molecule has 0 fully saturated rings. The Morgan fingerprint density at radius 2 is 2.11 bits per heavy atom. The first-order chi connectivity index (χ1) is 8.66. The van der Waals surface area contributed by atoms with Gasteiger partial charge in [-0.1, -0.05) is 12.1 Å². The van der Waals surface area contributed by atoms with Crippen LogP contribution in [0.4, 0.5) is 0 Å². The van der Waals surface area contributed by atoms with Gasteiger partial charge in [0, 0.05) is 12.3 Å². The Morgan fingerprint density at radius 3 is 2.89 bits per heavy atom. The fourth-order valence-corrected chi connectivity index (χ4v) is 1.98. The molecule has 0 saturated carbocycles. The summed E-state index contributed by atoms with van der Waals surface area (Å²) in [7, 11) is 0. The minimum Gasteiger partial charge on any atom is -0.407 e. The highest BCUT2D eigenvalue weighted by molar-refractivity contribution is 5.91. The van der Waals surface area contributed by atoms with Crippen LogP contribution < -0.4 is 4.74 Å². The van der Waals surface area contributed by atoms with Crippen molar-refractivity contribution in [1.29, 1.82) is 0 Å². The van der Waals surface area contributed by atoms with E-state index in [0.29, 0.717) is 11.6 Å². The van der Waals surface area contributed by atoms with Crippen LogP contribution in [0.25, 0.3) is 16.6 Å². The lowest BCUT2D eigenvalue weighted by Crippen LogP contribution is -2.05. The molecule has 0 aliphatic rings. The second-order valence-corrected chi connectivity index (χ2v) is 4.05. The van der Waals surface area contributed by atoms with Crippen molar-refractivity contribution in [2.24, 2.45) is 0 Å². The first-order valence-electron chi connectivity index (χ1n) is 5.57. The number of hydrogen-bond acceptors (Lipinski definition) is 4. The summed E-state index contributed by atoms with van der Waals surface area (Å²) in [4.78, 5) is 19.8. The molecule has 0 aliphatic heterocycles. The molecule has 0 aliphatic carbocycles. The number of benzene rings is 1. The molecule has 0 saturated heterocycles. The molecular formula is C13H11N3O2. The zero-order valence-electron chi connectivity index (χ0n) is 10.0. The van der Waals surface area contributed by atoms with Gasteiger partial charge in [-0.25, -0.2) is 9.97 Å². The lowest BCUT2D eigenvalue weighted by molar-refractivity contribution is -0.132. The summed E-state index contributed by atoms with van der Waals surface area (Å²) in [6.45, 7) is 3.17. The van der Waals surface area contributed by atoms with Gasteiger partial charge >= 0.3 is 5.97 Å². The zero-order valence-corrected chi connectivity index (χ0v) is 10.0. The molecule has 18 heavy (non-hydrogen) atoms. The Balaban J connectivity index is 2.37. The van der Waals surface area contributed by atoms with Gasteiger partial charge < -0.3 is 4.74 Å². The van der Waals surface area contributed by atoms with Crippen molar-refractivity contribution in [1.82, 2.24) is 14.4 Å². The number of rotatable bonds is 1. The molecule has 0 spiro atoms. The third-order valence-corrected chi connectivity index (χ3v) is 2.73. The van der Waals surface area contributed by atoms with Gasteiger partial charge in [0.05, 0.1) is 5.52 Å². The number of nitrogens with zero attached hydrogens (tertiary/aromatic N) is 3. The second kappa shape index (κ2) is 3.80. The largest absolute Gasteiger partial charge is 0.407 e. The lowest BCUT2D eigenvalue weighted by Gasteiger charge is -2.03. The van der Waals surface area contributed by atoms with E-state index in [-0.39, 0.29) is 5.97 Å². The van der Waals surface area contributed by atoms with Gasteiger partial charge in [0.25, 0.3) is 0 Å². The van der Waals surface area contributed by atoms with E-state index in [2.05, 4.69) is 9.97 Å². The van der Waals surface area contributed by atoms with Crippen LogP contribution in [0.2, 0.25) is 0 Å². The van der Waals surface area contributed by atoms with Gasteiger partial charge in [-0.05, 0) is 19.1 Å². The first-order valence-corrected chi connectivity index (χ1v) is 5.57. The molecule has 0 bridgehead atoms. The van der Waals surface area contributed by atoms with E-state index in [1.54, 1.807) is 17.7 Å². The van der Waals surface area contributed by atoms with Crippen molar-refractivity contribution in [2.75, 3.05) is 0 Å². The number of para-hydroxylation sites is 1. The maximum absolute atomic E-state index is 11.1. The molecule has 3 aromatic rings. The number of imidazole rings is 1. The van der Waals surface area contributed by atoms with E-state index < -0.39 is 0 Å². The number of aryl methyl sites for hydroxylation is 1. The topological polar surface area (TPSA) is 56.5 Å². The van der Waals surface area contributed by atoms with Gasteiger partial charge in [-0.15, -0.1) is 0 Å². The summed E-state index contributed by atoms with van der Waals surface area (Å²) >= 11 is 0. The average Bonchev–Trinajstić information content (AvgIpc) is 2.66. The van der Waals surface area contributed by atoms with Crippen molar-refractivity contribution in [2.45, 2.75) is 13.8 Å². The molecule has 5 nitrogen and oxygen atoms in total. The fourth-order valence-electron chi connectivity index (χ4n) is 1.98. The maximum atomic E-state index is 11.1. The molecule has 0 amide bonds. The van der Waals surface area contributed by atoms with Crippen molar-refractivity contribution >= 4 is 22.5 Å². The van der Waals surface area contributed by atoms with Gasteiger partial charge in [-0.3, -0.25) is 9.20 Å². The molecular weight excluding hydrogens is 230 g/mol. The first kappa shape index (κ1) is 10.7. The molecule has 0 N–H and O–H groups in total. The van der Waals surface area contributed by atoms with Crippen LogP contribution in [0, 0.1) is 6.92 Å². The molecule has 1 aromatic carbocycles. The number of aromatic nitrogens is 3. The predicted molar refractivity (Wildman–Crippen MR) is 66.5 cm³/mol. The van der Waals surface area contributed by atoms with Crippen LogP contribution in [0.1, 0.15) is 12.6 Å². The Kier molecular flexibility index (Phi) is 2.26. The van der Waals surface area contributed by atoms with Crippen LogP contribution in [-0.4, -0.2) is 20.3 Å². The van der Waals surface area contributed by atoms with Crippen molar-refractivity contribution < 1.29 is 9.53 Å². The number of hydrogen-bond donors (Lipinski definition) is 0. The Labute approximate surface area is 103 Å². The Morgan fingerprint density at radius 1 is 1.33 bits per heavy atom. The van der Waals surface area contributed by atoms with E-state index in [1.807, 2.05) is 24.3 Å². The number of carbonyl (C=O) groups is 1. The molecule has 90 valence electrons. The summed E-state index contributed by atoms with van der Waals surface area (Å²) in [6.07, 6.45) is 1.62. The van der Waals surface area contributed by atoms with Crippen molar-refractivity contribution in [3.8, 4) is 5.88 Å². The third kappa shape index (κ3) is 1.52. The van der Waals surface area contributed by atoms with Crippen molar-refractivity contribution in [3.63, 3.8) is 0 Å². The number of carbonyl (C=O) groups excluding carboxylic acids is 1. The van der Waals surface area contributed by atoms with E-state index in [9.17, 15) is 4.79 Å². The van der Waals surface area contributed by atoms with E-state index in [4.69, 9.17) is 4.74 Å². The quantitative estimate of drug-likeness (QED) is 0.612. The smallest absolute Gasteiger partial charge is 0.309 e. The summed E-state index contributed by atoms with van der Waals surface area (Å²) in [5.74, 6) is 0.0591. The van der Waals surface area contributed by atoms with Gasteiger partial charge in [0.1, 0.15) is 12.0 Å². The summed E-state index contributed by atoms with van der Waals surface area (Å²) in [5, 5.41) is 0.932. The van der Waals surface area contributed by atoms with E-state index >= 15 is 0 Å². The van der Waals surface area contributed by atoms with Crippen LogP contribution in [0.15, 0.2) is 30.6 Å². The molecule has 2 aromatic heterocycles. The minimum atomic E-state index is -0.368. The average molecular weight is 241 g/mol. The van der Waals surface area contributed by atoms with Crippen LogP contribution >= 0.6 is 0 Å². The summed E-state index contributed by atoms with van der Waals surface area (Å²) in [5.41, 5.74) is 2.28. The van der Waals surface area contributed by atoms with E-state index in [0.717, 1.165) is 16.6 Å². The molecule has 0 atom stereocenters. The SMILES string of the molecule is CC(=O)Oc1c(C)nc2c3ccccc3ncn12. The minimum absolute atomic E-state index is 0.368. The molecule has 0 radical (unpaired) electrons. The highest BCUT2D eigenvalue weighted by Gasteiger charge is 2.14. The van der Waals surface area contributed by atoms with Crippen LogP contribution in [-0.2, 0) is 4.79 Å². The number of fused-ring (bicyclic) bond motifs is 3. The Bertz CT molecular complexity index is 761. The van der Waals surface area contributed by atoms with Gasteiger partial charge in [0.2, 0.25) is 5.88 Å². The normalized spacial score (nSPS) is 11.0. The number of esters is 1. The monoisotopic (exact) mass is 241 g/mol. The standard InChI is InChI=1S/C13H11N3O2/c1-8-13(18-9(2)17)16-7-14-11-6-4-3-5-10(11)12(16)15-8/h3-7H,1-2H3. The highest BCUT2D eigenvalue weighted by atomic mass is 16.5. The molecule has 2 heterocycles. The predicted octanol–water partition coefficient (Wildman–Crippen LogP) is 2.12. The fraction of sp³-hybridized carbons (Fsp3) is 0.154. The third-order valence-electron chi connectivity index (χ3n) is 2.73. The molecule has 5 heteroatoms. The Hall–Kier alpha value is -2.43. The van der Waals surface area contributed by atoms with Gasteiger partial charge in [0.15, 0.2) is 5.65 Å². The molecule has 3 rings (SSSR count). The van der Waals surface area contributed by atoms with Crippen molar-refractivity contribution in [3.05, 3.63) is 36.3 Å². The summed E-state index contributed by atoms with van der Waals surface area (Å²) < 4.78 is 6.86. The highest BCUT2D eigenvalue weighted by Crippen LogP contribution is 2.24. The lowest BCUT2D eigenvalue weighted by atomic mass is 10.2.